The summed E-state index contributed by atoms with van der Waals surface area (Å²) in [5.41, 5.74) is 1.29. The first kappa shape index (κ1) is 30.8. The minimum Gasteiger partial charge on any atom is -0.745 e. The molecule has 0 aliphatic carbocycles. The second-order valence-electron chi connectivity index (χ2n) is 6.62. The number of alkyl halides is 16. The summed E-state index contributed by atoms with van der Waals surface area (Å²) < 4.78 is 247. The number of hydrogen-bond acceptors (Lipinski definition) is 4. The Morgan fingerprint density at radius 2 is 0.943 bits per heavy atom. The van der Waals surface area contributed by atoms with E-state index in [9.17, 15) is 83.2 Å². The molecule has 21 heteroatoms. The van der Waals surface area contributed by atoms with Gasteiger partial charge >= 0.3 is 41.7 Å². The predicted molar refractivity (Wildman–Crippen MR) is 79.1 cm³/mol. The van der Waals surface area contributed by atoms with E-state index in [1.54, 1.807) is 0 Å². The van der Waals surface area contributed by atoms with Gasteiger partial charge in [-0.3, -0.25) is 0 Å². The Morgan fingerprint density at radius 1 is 0.600 bits per heavy atom. The molecule has 1 rings (SSSR count). The molecule has 0 saturated carbocycles. The first-order valence-electron chi connectivity index (χ1n) is 7.84. The third-order valence-electron chi connectivity index (χ3n) is 4.33. The quantitative estimate of drug-likeness (QED) is 0.260. The third kappa shape index (κ3) is 3.84. The van der Waals surface area contributed by atoms with Gasteiger partial charge in [-0.2, -0.15) is 65.9 Å². The smallest absolute Gasteiger partial charge is 0.460 e. The largest absolute Gasteiger partial charge is 0.745 e. The maximum absolute atomic E-state index is 14.8. The van der Waals surface area contributed by atoms with Gasteiger partial charge in [0.25, 0.3) is 5.00 Å². The van der Waals surface area contributed by atoms with E-state index in [1.807, 2.05) is 0 Å². The van der Waals surface area contributed by atoms with Crippen molar-refractivity contribution in [2.75, 3.05) is 5.73 Å². The highest BCUT2D eigenvalue weighted by atomic mass is 32.2. The van der Waals surface area contributed by atoms with Crippen LogP contribution in [-0.4, -0.2) is 54.7 Å². The highest BCUT2D eigenvalue weighted by Crippen LogP contribution is 2.65. The summed E-state index contributed by atoms with van der Waals surface area (Å²) >= 11 is 0. The summed E-state index contributed by atoms with van der Waals surface area (Å²) in [5, 5.41) is -6.75. The van der Waals surface area contributed by atoms with E-state index in [1.165, 1.54) is 0 Å². The number of anilines is 1. The second kappa shape index (κ2) is 7.90. The van der Waals surface area contributed by atoms with E-state index in [0.717, 1.165) is 0 Å². The molecule has 1 atom stereocenters. The van der Waals surface area contributed by atoms with Crippen LogP contribution in [0.1, 0.15) is 5.56 Å². The lowest BCUT2D eigenvalue weighted by Gasteiger charge is -2.45. The van der Waals surface area contributed by atoms with Crippen molar-refractivity contribution in [3.8, 4) is 0 Å². The predicted octanol–water partition coefficient (Wildman–Crippen LogP) is 5.31. The Morgan fingerprint density at radius 3 is 1.26 bits per heavy atom. The Labute approximate surface area is 182 Å². The maximum Gasteiger partial charge on any atom is 0.460 e. The summed E-state index contributed by atoms with van der Waals surface area (Å²) in [6.07, 6.45) is -7.86. The van der Waals surface area contributed by atoms with Gasteiger partial charge in [-0.05, 0) is 12.1 Å². The van der Waals surface area contributed by atoms with Crippen molar-refractivity contribution in [3.05, 3.63) is 29.8 Å². The van der Waals surface area contributed by atoms with Crippen molar-refractivity contribution in [2.24, 2.45) is 0 Å². The molecule has 0 heterocycles. The number of rotatable bonds is 8. The van der Waals surface area contributed by atoms with Crippen molar-refractivity contribution in [1.29, 1.82) is 0 Å². The number of benzene rings is 1. The topological polar surface area (TPSA) is 83.2 Å². The van der Waals surface area contributed by atoms with Crippen molar-refractivity contribution >= 4 is 15.8 Å². The van der Waals surface area contributed by atoms with E-state index in [-0.39, 0.29) is 12.1 Å². The van der Waals surface area contributed by atoms with Crippen LogP contribution in [0.5, 0.6) is 0 Å². The van der Waals surface area contributed by atoms with E-state index < -0.39 is 74.1 Å². The summed E-state index contributed by atoms with van der Waals surface area (Å²) in [7, 11) is -7.76. The summed E-state index contributed by atoms with van der Waals surface area (Å²) in [6.45, 7) is 0. The van der Waals surface area contributed by atoms with Crippen molar-refractivity contribution in [1.82, 2.24) is 0 Å². The molecule has 4 nitrogen and oxygen atoms in total. The first-order valence-corrected chi connectivity index (χ1v) is 9.25. The first-order chi connectivity index (χ1) is 15.0. The average Bonchev–Trinajstić information content (AvgIpc) is 2.64. The van der Waals surface area contributed by atoms with E-state index in [4.69, 9.17) is 5.73 Å². The Bertz CT molecular complexity index is 1070. The zero-order chi connectivity index (χ0) is 28.5. The number of hydrogen-bond donors (Lipinski definition) is 1. The summed E-state index contributed by atoms with van der Waals surface area (Å²) in [5.74, 6) is -51.1. The standard InChI is InChI=1S/C14H7F16NO3S/c15-7(35(32,33)34,5-2-1-3-6(31)4-5)8(16,17)9(18,19)10(20,21)11(22,23)12(24,25)13(26,27)14(28,29)30/h1-4H,31H2,(H,32,33,34)/p-1. The molecule has 0 spiro atoms. The highest BCUT2D eigenvalue weighted by molar-refractivity contribution is 7.86. The fourth-order valence-corrected chi connectivity index (χ4v) is 3.25. The van der Waals surface area contributed by atoms with Gasteiger partial charge < -0.3 is 10.3 Å². The summed E-state index contributed by atoms with van der Waals surface area (Å²) in [4.78, 5) is 0. The second-order valence-corrected chi connectivity index (χ2v) is 8.09. The fraction of sp³-hybridized carbons (Fsp3) is 0.571. The summed E-state index contributed by atoms with van der Waals surface area (Å²) in [6, 6.07) is 0.0595. The molecule has 1 aromatic carbocycles. The molecule has 0 aromatic heterocycles. The van der Waals surface area contributed by atoms with E-state index in [0.29, 0.717) is 6.07 Å². The molecule has 0 aliphatic rings. The zero-order valence-corrected chi connectivity index (χ0v) is 16.4. The van der Waals surface area contributed by atoms with Gasteiger partial charge in [-0.1, -0.05) is 12.1 Å². The van der Waals surface area contributed by atoms with Crippen molar-refractivity contribution in [2.45, 2.75) is 46.7 Å². The fourth-order valence-electron chi connectivity index (χ4n) is 2.39. The minimum atomic E-state index is -8.80. The molecule has 1 aromatic rings. The van der Waals surface area contributed by atoms with Gasteiger partial charge in [0.15, 0.2) is 0 Å². The number of halogens is 16. The lowest BCUT2D eigenvalue weighted by molar-refractivity contribution is -0.456. The van der Waals surface area contributed by atoms with Crippen molar-refractivity contribution < 1.29 is 83.2 Å². The van der Waals surface area contributed by atoms with Crippen LogP contribution in [0.4, 0.5) is 75.9 Å². The Kier molecular flexibility index (Phi) is 6.96. The molecule has 1 unspecified atom stereocenters. The molecular weight excluding hydrogens is 566 g/mol. The lowest BCUT2D eigenvalue weighted by Crippen LogP contribution is -2.74. The Balaban J connectivity index is 3.99. The van der Waals surface area contributed by atoms with Gasteiger partial charge in [0, 0.05) is 11.3 Å². The van der Waals surface area contributed by atoms with E-state index >= 15 is 0 Å². The maximum atomic E-state index is 14.8. The number of nitrogen functional groups attached to an aromatic ring is 1. The highest BCUT2D eigenvalue weighted by Gasteiger charge is 2.95. The van der Waals surface area contributed by atoms with Crippen LogP contribution in [0.2, 0.25) is 0 Å². The van der Waals surface area contributed by atoms with Crippen LogP contribution >= 0.6 is 0 Å². The van der Waals surface area contributed by atoms with Gasteiger partial charge in [0.1, 0.15) is 10.1 Å². The molecule has 204 valence electrons. The molecule has 0 saturated heterocycles. The third-order valence-corrected chi connectivity index (χ3v) is 5.52. The van der Waals surface area contributed by atoms with Crippen LogP contribution in [0.15, 0.2) is 24.3 Å². The lowest BCUT2D eigenvalue weighted by atomic mass is 9.88. The zero-order valence-electron chi connectivity index (χ0n) is 15.6. The van der Waals surface area contributed by atoms with Gasteiger partial charge in [-0.15, -0.1) is 0 Å². The van der Waals surface area contributed by atoms with Crippen LogP contribution in [0.25, 0.3) is 0 Å². The molecule has 35 heavy (non-hydrogen) atoms. The van der Waals surface area contributed by atoms with Crippen LogP contribution in [0.3, 0.4) is 0 Å². The minimum absolute atomic E-state index is 0.225. The van der Waals surface area contributed by atoms with Gasteiger partial charge in [0.05, 0.1) is 0 Å². The van der Waals surface area contributed by atoms with Crippen LogP contribution < -0.4 is 5.73 Å². The molecular formula is C14H6F16NO3S-. The average molecular weight is 572 g/mol. The monoisotopic (exact) mass is 572 g/mol. The molecule has 0 fully saturated rings. The molecule has 0 aliphatic heterocycles. The SMILES string of the molecule is Nc1cccc(C(F)(C(F)(F)C(F)(F)C(F)(F)C(F)(F)C(F)(F)C(F)(F)C(F)(F)F)S(=O)(=O)[O-])c1. The normalized spacial score (nSPS) is 17.3. The number of nitrogens with two attached hydrogens (primary N) is 1. The van der Waals surface area contributed by atoms with Crippen molar-refractivity contribution in [3.63, 3.8) is 0 Å². The van der Waals surface area contributed by atoms with Gasteiger partial charge in [-0.25, -0.2) is 12.8 Å². The van der Waals surface area contributed by atoms with Crippen LogP contribution in [0, 0.1) is 0 Å². The molecule has 2 N–H and O–H groups in total. The molecule has 0 radical (unpaired) electrons. The van der Waals surface area contributed by atoms with Crippen LogP contribution in [-0.2, 0) is 15.1 Å². The Hall–Kier alpha value is -2.19. The van der Waals surface area contributed by atoms with E-state index in [2.05, 4.69) is 0 Å². The molecule has 0 amide bonds. The molecule has 0 bridgehead atoms. The van der Waals surface area contributed by atoms with Gasteiger partial charge in [0.2, 0.25) is 0 Å².